The Hall–Kier alpha value is -1.91. The van der Waals surface area contributed by atoms with Crippen LogP contribution in [0.1, 0.15) is 122 Å². The Morgan fingerprint density at radius 1 is 0.537 bits per heavy atom. The quantitative estimate of drug-likeness (QED) is 0.390. The molecule has 0 aromatic rings. The van der Waals surface area contributed by atoms with Gasteiger partial charge in [-0.3, -0.25) is 4.90 Å². The number of hydrogen-bond donors (Lipinski definition) is 2. The largest absolute Gasteiger partial charge is 0.445 e. The molecule has 236 valence electrons. The summed E-state index contributed by atoms with van der Waals surface area (Å²) in [5, 5.41) is 7.11. The molecule has 3 amide bonds. The van der Waals surface area contributed by atoms with Crippen LogP contribution < -0.4 is 10.6 Å². The average molecular weight is 581 g/mol. The number of nitrogens with zero attached hydrogens (tertiary/aromatic N) is 2. The van der Waals surface area contributed by atoms with Crippen molar-refractivity contribution in [2.45, 2.75) is 173 Å². The lowest BCUT2D eigenvalue weighted by atomic mass is 9.79. The monoisotopic (exact) mass is 580 g/mol. The van der Waals surface area contributed by atoms with Gasteiger partial charge in [-0.1, -0.05) is 0 Å². The van der Waals surface area contributed by atoms with Crippen molar-refractivity contribution >= 4 is 18.3 Å². The fourth-order valence-electron chi connectivity index (χ4n) is 7.80. The van der Waals surface area contributed by atoms with E-state index in [9.17, 15) is 14.4 Å². The number of nitrogens with one attached hydrogen (secondary N) is 2. The molecular formula is C31H56N4O6. The Morgan fingerprint density at radius 3 is 1.05 bits per heavy atom. The van der Waals surface area contributed by atoms with E-state index in [0.29, 0.717) is 43.4 Å². The standard InChI is InChI=1S/C31H56N4O6/c1-26(2)14-20(15-27(3,4)32-26)39-23(36)35(24(37)40-21-16-28(5,6)33-29(7,8)17-21)25(38)41-22-18-30(9,10)34(13)31(11,12)19-22/h20-22,32-33H,14-19H2,1-13H3. The van der Waals surface area contributed by atoms with Crippen molar-refractivity contribution in [1.82, 2.24) is 20.4 Å². The number of likely N-dealkylation sites (tertiary alicyclic amines) is 1. The summed E-state index contributed by atoms with van der Waals surface area (Å²) in [6, 6.07) is 0. The first-order valence-electron chi connectivity index (χ1n) is 15.1. The zero-order valence-electron chi connectivity index (χ0n) is 27.8. The molecule has 0 aromatic carbocycles. The van der Waals surface area contributed by atoms with Crippen LogP contribution in [0, 0.1) is 0 Å². The topological polar surface area (TPSA) is 109 Å². The van der Waals surface area contributed by atoms with Crippen LogP contribution in [0.3, 0.4) is 0 Å². The van der Waals surface area contributed by atoms with Crippen LogP contribution in [0.15, 0.2) is 0 Å². The Bertz CT molecular complexity index is 916. The third-order valence-electron chi connectivity index (χ3n) is 8.93. The second kappa shape index (κ2) is 11.0. The zero-order valence-corrected chi connectivity index (χ0v) is 27.8. The normalized spacial score (nSPS) is 27.4. The van der Waals surface area contributed by atoms with E-state index in [4.69, 9.17) is 14.2 Å². The first-order valence-corrected chi connectivity index (χ1v) is 15.1. The first kappa shape index (κ1) is 33.6. The molecule has 3 aliphatic heterocycles. The molecule has 3 heterocycles. The van der Waals surface area contributed by atoms with Gasteiger partial charge in [0.25, 0.3) is 0 Å². The van der Waals surface area contributed by atoms with Gasteiger partial charge in [0.15, 0.2) is 0 Å². The highest BCUT2D eigenvalue weighted by molar-refractivity contribution is 6.04. The fourth-order valence-corrected chi connectivity index (χ4v) is 7.80. The molecule has 0 bridgehead atoms. The molecule has 0 saturated carbocycles. The SMILES string of the molecule is CN1C(C)(C)CC(OC(=O)N(C(=O)OC2CC(C)(C)NC(C)(C)C2)C(=O)OC2CC(C)(C)NC(C)(C)C2)CC1(C)C. The molecule has 3 aliphatic rings. The van der Waals surface area contributed by atoms with Gasteiger partial charge in [-0.15, -0.1) is 4.90 Å². The predicted molar refractivity (Wildman–Crippen MR) is 159 cm³/mol. The number of piperidine rings is 3. The highest BCUT2D eigenvalue weighted by atomic mass is 16.6. The van der Waals surface area contributed by atoms with Crippen molar-refractivity contribution in [3.63, 3.8) is 0 Å². The molecule has 0 spiro atoms. The van der Waals surface area contributed by atoms with Gasteiger partial charge in [0.2, 0.25) is 0 Å². The van der Waals surface area contributed by atoms with Gasteiger partial charge in [0, 0.05) is 71.8 Å². The molecule has 10 nitrogen and oxygen atoms in total. The van der Waals surface area contributed by atoms with Gasteiger partial charge in [0.1, 0.15) is 18.3 Å². The van der Waals surface area contributed by atoms with Crippen molar-refractivity contribution in [2.75, 3.05) is 7.05 Å². The van der Waals surface area contributed by atoms with Gasteiger partial charge in [0.05, 0.1) is 0 Å². The Labute approximate surface area is 247 Å². The molecule has 41 heavy (non-hydrogen) atoms. The lowest BCUT2D eigenvalue weighted by Crippen LogP contribution is -2.61. The third kappa shape index (κ3) is 8.57. The molecular weight excluding hydrogens is 524 g/mol. The minimum absolute atomic E-state index is 0.253. The van der Waals surface area contributed by atoms with Crippen LogP contribution in [0.5, 0.6) is 0 Å². The van der Waals surface area contributed by atoms with E-state index in [1.807, 2.05) is 55.4 Å². The predicted octanol–water partition coefficient (Wildman–Crippen LogP) is 5.97. The Morgan fingerprint density at radius 2 is 0.780 bits per heavy atom. The minimum Gasteiger partial charge on any atom is -0.445 e. The first-order chi connectivity index (χ1) is 18.3. The van der Waals surface area contributed by atoms with Crippen LogP contribution in [-0.2, 0) is 14.2 Å². The number of amides is 3. The maximum atomic E-state index is 13.7. The summed E-state index contributed by atoms with van der Waals surface area (Å²) in [5.41, 5.74) is -1.69. The summed E-state index contributed by atoms with van der Waals surface area (Å²) in [5.74, 6) is 0. The molecule has 0 unspecified atom stereocenters. The summed E-state index contributed by atoms with van der Waals surface area (Å²) in [4.78, 5) is 43.6. The summed E-state index contributed by atoms with van der Waals surface area (Å²) < 4.78 is 17.6. The molecule has 0 radical (unpaired) electrons. The number of carbonyl (C=O) groups is 3. The summed E-state index contributed by atoms with van der Waals surface area (Å²) in [6.07, 6.45) is -1.38. The highest BCUT2D eigenvalue weighted by Crippen LogP contribution is 2.39. The van der Waals surface area contributed by atoms with Crippen LogP contribution >= 0.6 is 0 Å². The van der Waals surface area contributed by atoms with Crippen LogP contribution in [0.2, 0.25) is 0 Å². The van der Waals surface area contributed by atoms with E-state index in [1.165, 1.54) is 0 Å². The summed E-state index contributed by atoms with van der Waals surface area (Å²) in [6.45, 7) is 24.7. The second-order valence-electron chi connectivity index (χ2n) is 16.5. The second-order valence-corrected chi connectivity index (χ2v) is 16.5. The van der Waals surface area contributed by atoms with E-state index in [-0.39, 0.29) is 33.2 Å². The Balaban J connectivity index is 1.84. The number of carbonyl (C=O) groups excluding carboxylic acids is 3. The summed E-state index contributed by atoms with van der Waals surface area (Å²) in [7, 11) is 2.06. The van der Waals surface area contributed by atoms with E-state index in [1.54, 1.807) is 0 Å². The van der Waals surface area contributed by atoms with Crippen molar-refractivity contribution in [1.29, 1.82) is 0 Å². The van der Waals surface area contributed by atoms with Gasteiger partial charge >= 0.3 is 18.3 Å². The van der Waals surface area contributed by atoms with Gasteiger partial charge < -0.3 is 24.8 Å². The van der Waals surface area contributed by atoms with E-state index < -0.39 is 36.6 Å². The smallest absolute Gasteiger partial charge is 0.429 e. The van der Waals surface area contributed by atoms with Gasteiger partial charge in [-0.05, 0) is 90.1 Å². The van der Waals surface area contributed by atoms with Crippen molar-refractivity contribution in [3.05, 3.63) is 0 Å². The van der Waals surface area contributed by atoms with Crippen molar-refractivity contribution in [2.24, 2.45) is 0 Å². The lowest BCUT2D eigenvalue weighted by Gasteiger charge is -2.53. The number of hydrogen-bond acceptors (Lipinski definition) is 9. The third-order valence-corrected chi connectivity index (χ3v) is 8.93. The molecule has 10 heteroatoms. The number of imide groups is 3. The highest BCUT2D eigenvalue weighted by Gasteiger charge is 2.48. The molecule has 2 N–H and O–H groups in total. The molecule has 3 saturated heterocycles. The maximum Gasteiger partial charge on any atom is 0.429 e. The van der Waals surface area contributed by atoms with E-state index >= 15 is 0 Å². The molecule has 3 fully saturated rings. The van der Waals surface area contributed by atoms with Crippen molar-refractivity contribution < 1.29 is 28.6 Å². The van der Waals surface area contributed by atoms with Crippen molar-refractivity contribution in [3.8, 4) is 0 Å². The number of rotatable bonds is 3. The molecule has 3 rings (SSSR count). The van der Waals surface area contributed by atoms with E-state index in [0.717, 1.165) is 0 Å². The molecule has 0 aromatic heterocycles. The van der Waals surface area contributed by atoms with Gasteiger partial charge in [-0.25, -0.2) is 14.4 Å². The average Bonchev–Trinajstić information content (AvgIpc) is 2.66. The fraction of sp³-hybridized carbons (Fsp3) is 0.903. The van der Waals surface area contributed by atoms with Gasteiger partial charge in [-0.2, -0.15) is 0 Å². The summed E-state index contributed by atoms with van der Waals surface area (Å²) >= 11 is 0. The minimum atomic E-state index is -1.06. The van der Waals surface area contributed by atoms with Crippen LogP contribution in [-0.4, -0.2) is 86.7 Å². The zero-order chi connectivity index (χ0) is 31.4. The molecule has 0 atom stereocenters. The Kier molecular flexibility index (Phi) is 8.99. The number of ether oxygens (including phenoxy) is 3. The molecule has 0 aliphatic carbocycles. The van der Waals surface area contributed by atoms with Crippen LogP contribution in [0.4, 0.5) is 14.4 Å². The lowest BCUT2D eigenvalue weighted by molar-refractivity contribution is -0.0737. The van der Waals surface area contributed by atoms with Crippen LogP contribution in [0.25, 0.3) is 0 Å². The van der Waals surface area contributed by atoms with E-state index in [2.05, 4.69) is 50.3 Å². The maximum absolute atomic E-state index is 13.7.